The Kier molecular flexibility index (Phi) is 19.8. The van der Waals surface area contributed by atoms with Crippen LogP contribution in [0.2, 0.25) is 0 Å². The number of phenols is 2. The fraction of sp³-hybridized carbons (Fsp3) is 0.632. The molecule has 2 rings (SSSR count). The van der Waals surface area contributed by atoms with Gasteiger partial charge in [0.05, 0.1) is 6.54 Å². The summed E-state index contributed by atoms with van der Waals surface area (Å²) in [4.78, 5) is 29.9. The number of aromatic hydroxyl groups is 2. The van der Waals surface area contributed by atoms with E-state index in [1.165, 1.54) is 0 Å². The summed E-state index contributed by atoms with van der Waals surface area (Å²) in [6, 6.07) is 8.10. The Morgan fingerprint density at radius 2 is 0.935 bits per heavy atom. The maximum atomic E-state index is 12.3. The molecule has 0 atom stereocenters. The van der Waals surface area contributed by atoms with Crippen LogP contribution in [0.3, 0.4) is 0 Å². The second-order valence-corrected chi connectivity index (χ2v) is 12.1. The minimum atomic E-state index is -0.292. The van der Waals surface area contributed by atoms with Gasteiger partial charge in [0.2, 0.25) is 0 Å². The van der Waals surface area contributed by atoms with Gasteiger partial charge in [0, 0.05) is 12.8 Å². The average Bonchev–Trinajstić information content (AvgIpc) is 3.05. The summed E-state index contributed by atoms with van der Waals surface area (Å²) in [5, 5.41) is 21.4. The van der Waals surface area contributed by atoms with Gasteiger partial charge in [-0.05, 0) is 97.6 Å². The first-order valence-corrected chi connectivity index (χ1v) is 17.7. The largest absolute Gasteiger partial charge is 0.507 e. The summed E-state index contributed by atoms with van der Waals surface area (Å²) in [7, 11) is 0. The third-order valence-electron chi connectivity index (χ3n) is 8.11. The standard InChI is InChI=1S/C38H59NO7/c1-5-9-13-31-25-29(26-32(37(31)42)14-10-6-2)17-19-35(40)44-22-21-39-46-24-23-45-36(41)20-18-30-27-33(15-11-7-3)38(43)34(28-30)16-12-8-4/h25-28,39,42-43H,5-24H2,1-4H3. The van der Waals surface area contributed by atoms with Gasteiger partial charge in [0.1, 0.15) is 31.3 Å². The number of carbonyl (C=O) groups excluding carboxylic acids is 2. The molecule has 0 unspecified atom stereocenters. The molecule has 0 aliphatic heterocycles. The molecule has 258 valence electrons. The van der Waals surface area contributed by atoms with E-state index < -0.39 is 0 Å². The third kappa shape index (κ3) is 15.0. The van der Waals surface area contributed by atoms with E-state index in [0.29, 0.717) is 30.9 Å². The summed E-state index contributed by atoms with van der Waals surface area (Å²) >= 11 is 0. The number of hydrogen-bond donors (Lipinski definition) is 3. The van der Waals surface area contributed by atoms with E-state index in [-0.39, 0.29) is 44.6 Å². The number of phenolic OH excluding ortho intramolecular Hbond substituents is 2. The molecule has 3 N–H and O–H groups in total. The van der Waals surface area contributed by atoms with Crippen LogP contribution in [0.15, 0.2) is 24.3 Å². The van der Waals surface area contributed by atoms with Crippen molar-refractivity contribution in [3.05, 3.63) is 57.6 Å². The van der Waals surface area contributed by atoms with Gasteiger partial charge in [0.25, 0.3) is 0 Å². The molecule has 0 aromatic heterocycles. The first-order chi connectivity index (χ1) is 22.3. The van der Waals surface area contributed by atoms with Crippen LogP contribution in [0.25, 0.3) is 0 Å². The van der Waals surface area contributed by atoms with Gasteiger partial charge in [-0.15, -0.1) is 0 Å². The topological polar surface area (TPSA) is 114 Å². The van der Waals surface area contributed by atoms with Crippen LogP contribution >= 0.6 is 0 Å². The number of aryl methyl sites for hydroxylation is 6. The Labute approximate surface area is 277 Å². The number of benzene rings is 2. The first kappa shape index (κ1) is 39.1. The summed E-state index contributed by atoms with van der Waals surface area (Å²) < 4.78 is 10.6. The van der Waals surface area contributed by atoms with Crippen LogP contribution in [-0.4, -0.2) is 48.5 Å². The van der Waals surface area contributed by atoms with Crippen molar-refractivity contribution < 1.29 is 34.1 Å². The Balaban J connectivity index is 1.64. The summed E-state index contributed by atoms with van der Waals surface area (Å²) in [6.45, 7) is 9.35. The molecule has 8 nitrogen and oxygen atoms in total. The van der Waals surface area contributed by atoms with E-state index in [1.807, 2.05) is 24.3 Å². The molecule has 0 aliphatic carbocycles. The molecule has 0 aliphatic rings. The molecule has 2 aromatic carbocycles. The van der Waals surface area contributed by atoms with Gasteiger partial charge >= 0.3 is 11.9 Å². The van der Waals surface area contributed by atoms with Crippen molar-refractivity contribution in [2.45, 2.75) is 130 Å². The number of ether oxygens (including phenoxy) is 2. The smallest absolute Gasteiger partial charge is 0.306 e. The predicted molar refractivity (Wildman–Crippen MR) is 183 cm³/mol. The molecular formula is C38H59NO7. The van der Waals surface area contributed by atoms with E-state index >= 15 is 0 Å². The van der Waals surface area contributed by atoms with Crippen LogP contribution < -0.4 is 5.48 Å². The molecule has 46 heavy (non-hydrogen) atoms. The molecule has 0 radical (unpaired) electrons. The van der Waals surface area contributed by atoms with Crippen molar-refractivity contribution in [2.24, 2.45) is 0 Å². The summed E-state index contributed by atoms with van der Waals surface area (Å²) in [5.41, 5.74) is 8.71. The highest BCUT2D eigenvalue weighted by Crippen LogP contribution is 2.29. The molecule has 0 fully saturated rings. The highest BCUT2D eigenvalue weighted by atomic mass is 16.7. The minimum absolute atomic E-state index is 0.123. The molecule has 0 amide bonds. The van der Waals surface area contributed by atoms with Crippen LogP contribution in [-0.2, 0) is 62.4 Å². The molecule has 2 aromatic rings. The lowest BCUT2D eigenvalue weighted by molar-refractivity contribution is -0.147. The monoisotopic (exact) mass is 641 g/mol. The zero-order valence-corrected chi connectivity index (χ0v) is 28.9. The zero-order valence-electron chi connectivity index (χ0n) is 28.9. The number of hydrogen-bond acceptors (Lipinski definition) is 8. The maximum Gasteiger partial charge on any atom is 0.306 e. The van der Waals surface area contributed by atoms with Crippen molar-refractivity contribution in [3.63, 3.8) is 0 Å². The summed E-state index contributed by atoms with van der Waals surface area (Å²) in [6.07, 6.45) is 13.3. The minimum Gasteiger partial charge on any atom is -0.507 e. The van der Waals surface area contributed by atoms with Gasteiger partial charge in [-0.3, -0.25) is 14.4 Å². The number of hydroxylamine groups is 1. The third-order valence-corrected chi connectivity index (χ3v) is 8.11. The van der Waals surface area contributed by atoms with Crippen molar-refractivity contribution in [3.8, 4) is 11.5 Å². The van der Waals surface area contributed by atoms with Crippen molar-refractivity contribution >= 4 is 11.9 Å². The average molecular weight is 642 g/mol. The van der Waals surface area contributed by atoms with E-state index in [2.05, 4.69) is 33.2 Å². The fourth-order valence-electron chi connectivity index (χ4n) is 5.37. The molecule has 0 saturated carbocycles. The first-order valence-electron chi connectivity index (χ1n) is 17.7. The fourth-order valence-corrected chi connectivity index (χ4v) is 5.37. The number of unbranched alkanes of at least 4 members (excludes halogenated alkanes) is 4. The predicted octanol–water partition coefficient (Wildman–Crippen LogP) is 7.64. The number of nitrogens with one attached hydrogen (secondary N) is 1. The molecule has 8 heteroatoms. The van der Waals surface area contributed by atoms with E-state index in [4.69, 9.17) is 14.3 Å². The second kappa shape index (κ2) is 23.3. The molecule has 0 saturated heterocycles. The van der Waals surface area contributed by atoms with E-state index in [0.717, 1.165) is 110 Å². The number of carbonyl (C=O) groups is 2. The lowest BCUT2D eigenvalue weighted by Crippen LogP contribution is -2.24. The normalized spacial score (nSPS) is 11.1. The van der Waals surface area contributed by atoms with E-state index in [1.54, 1.807) is 0 Å². The summed E-state index contributed by atoms with van der Waals surface area (Å²) in [5.74, 6) is 0.252. The number of rotatable bonds is 25. The van der Waals surface area contributed by atoms with Crippen molar-refractivity contribution in [1.82, 2.24) is 5.48 Å². The van der Waals surface area contributed by atoms with Crippen molar-refractivity contribution in [2.75, 3.05) is 26.4 Å². The van der Waals surface area contributed by atoms with Gasteiger partial charge < -0.3 is 19.7 Å². The van der Waals surface area contributed by atoms with Crippen LogP contribution in [0.5, 0.6) is 11.5 Å². The van der Waals surface area contributed by atoms with Gasteiger partial charge in [-0.1, -0.05) is 77.6 Å². The highest BCUT2D eigenvalue weighted by Gasteiger charge is 2.13. The molecule has 0 bridgehead atoms. The van der Waals surface area contributed by atoms with Crippen LogP contribution in [0, 0.1) is 0 Å². The lowest BCUT2D eigenvalue weighted by Gasteiger charge is -2.13. The molecule has 0 spiro atoms. The van der Waals surface area contributed by atoms with Crippen molar-refractivity contribution in [1.29, 1.82) is 0 Å². The second-order valence-electron chi connectivity index (χ2n) is 12.1. The highest BCUT2D eigenvalue weighted by molar-refractivity contribution is 5.70. The Morgan fingerprint density at radius 1 is 0.565 bits per heavy atom. The zero-order chi connectivity index (χ0) is 33.6. The lowest BCUT2D eigenvalue weighted by atomic mass is 9.95. The SMILES string of the molecule is CCCCc1cc(CCC(=O)OCCNOCCOC(=O)CCc2cc(CCCC)c(O)c(CCCC)c2)cc(CCCC)c1O. The maximum absolute atomic E-state index is 12.3. The van der Waals surface area contributed by atoms with Crippen LogP contribution in [0.1, 0.15) is 125 Å². The van der Waals surface area contributed by atoms with Gasteiger partial charge in [-0.2, -0.15) is 5.48 Å². The Hall–Kier alpha value is -3.10. The molecule has 0 heterocycles. The quantitative estimate of drug-likeness (QED) is 0.0576. The Bertz CT molecular complexity index is 1030. The molecular weight excluding hydrogens is 582 g/mol. The Morgan fingerprint density at radius 3 is 1.30 bits per heavy atom. The van der Waals surface area contributed by atoms with Gasteiger partial charge in [-0.25, -0.2) is 0 Å². The van der Waals surface area contributed by atoms with Gasteiger partial charge in [0.15, 0.2) is 0 Å². The van der Waals surface area contributed by atoms with Crippen LogP contribution in [0.4, 0.5) is 0 Å². The van der Waals surface area contributed by atoms with E-state index in [9.17, 15) is 19.8 Å². The number of esters is 2.